The Morgan fingerprint density at radius 3 is 2.10 bits per heavy atom. The second-order valence-corrected chi connectivity index (χ2v) is 6.87. The van der Waals surface area contributed by atoms with E-state index in [-0.39, 0.29) is 11.9 Å². The summed E-state index contributed by atoms with van der Waals surface area (Å²) >= 11 is 0. The predicted octanol–water partition coefficient (Wildman–Crippen LogP) is 4.39. The number of benzene rings is 2. The Labute approximate surface area is 174 Å². The minimum atomic E-state index is -4.64. The van der Waals surface area contributed by atoms with Gasteiger partial charge in [0.15, 0.2) is 0 Å². The van der Waals surface area contributed by atoms with Gasteiger partial charge in [0.1, 0.15) is 0 Å². The van der Waals surface area contributed by atoms with Crippen molar-refractivity contribution in [2.24, 2.45) is 0 Å². The van der Waals surface area contributed by atoms with E-state index < -0.39 is 24.2 Å². The first-order chi connectivity index (χ1) is 14.5. The number of carbonyl (C=O) groups is 2. The average molecular weight is 446 g/mol. The first-order valence-corrected chi connectivity index (χ1v) is 9.26. The number of nitrogens with zero attached hydrogens (tertiary/aromatic N) is 1. The van der Waals surface area contributed by atoms with Gasteiger partial charge in [0.2, 0.25) is 12.2 Å². The summed E-state index contributed by atoms with van der Waals surface area (Å²) in [6.07, 6.45) is -8.91. The van der Waals surface area contributed by atoms with Gasteiger partial charge in [-0.25, -0.2) is 0 Å². The molecule has 1 fully saturated rings. The SMILES string of the molecule is O=C(Cc1ccccc1)N[C@H]1CCN(c2ccc(C(F)(F)F)cc2)C1.O=CC(F)(F)F. The van der Waals surface area contributed by atoms with Gasteiger partial charge in [0.05, 0.1) is 12.0 Å². The van der Waals surface area contributed by atoms with E-state index in [9.17, 15) is 31.1 Å². The maximum Gasteiger partial charge on any atom is 0.446 e. The Balaban J connectivity index is 0.000000501. The summed E-state index contributed by atoms with van der Waals surface area (Å²) in [5, 5.41) is 3.00. The first kappa shape index (κ1) is 24.2. The van der Waals surface area contributed by atoms with E-state index in [2.05, 4.69) is 5.32 Å². The van der Waals surface area contributed by atoms with E-state index >= 15 is 0 Å². The molecule has 0 aliphatic carbocycles. The summed E-state index contributed by atoms with van der Waals surface area (Å²) in [4.78, 5) is 22.8. The van der Waals surface area contributed by atoms with E-state index in [4.69, 9.17) is 4.79 Å². The van der Waals surface area contributed by atoms with Crippen molar-refractivity contribution in [2.45, 2.75) is 31.2 Å². The molecule has 0 spiro atoms. The van der Waals surface area contributed by atoms with Crippen molar-refractivity contribution in [1.82, 2.24) is 5.32 Å². The summed E-state index contributed by atoms with van der Waals surface area (Å²) in [5.74, 6) is -0.0366. The number of aldehydes is 1. The molecule has 1 atom stereocenters. The molecule has 10 heteroatoms. The average Bonchev–Trinajstić information content (AvgIpc) is 3.16. The Morgan fingerprint density at radius 2 is 1.58 bits per heavy atom. The third-order valence-corrected chi connectivity index (χ3v) is 4.45. The van der Waals surface area contributed by atoms with Crippen LogP contribution in [0.1, 0.15) is 17.5 Å². The summed E-state index contributed by atoms with van der Waals surface area (Å²) in [7, 11) is 0. The van der Waals surface area contributed by atoms with Crippen molar-refractivity contribution in [3.63, 3.8) is 0 Å². The molecule has 2 aromatic carbocycles. The lowest BCUT2D eigenvalue weighted by atomic mass is 10.1. The highest BCUT2D eigenvalue weighted by Gasteiger charge is 2.31. The molecule has 0 saturated carbocycles. The molecule has 0 radical (unpaired) electrons. The topological polar surface area (TPSA) is 49.4 Å². The van der Waals surface area contributed by atoms with E-state index in [0.29, 0.717) is 19.5 Å². The summed E-state index contributed by atoms with van der Waals surface area (Å²) in [6.45, 7) is 1.31. The molecule has 1 aliphatic rings. The minimum absolute atomic E-state index is 0.0125. The van der Waals surface area contributed by atoms with Crippen molar-refractivity contribution in [2.75, 3.05) is 18.0 Å². The van der Waals surface area contributed by atoms with Crippen LogP contribution in [0.3, 0.4) is 0 Å². The molecule has 4 nitrogen and oxygen atoms in total. The van der Waals surface area contributed by atoms with Gasteiger partial charge in [-0.3, -0.25) is 9.59 Å². The molecule has 1 saturated heterocycles. The molecule has 1 aliphatic heterocycles. The standard InChI is InChI=1S/C19H19F3N2O.C2HF3O/c20-19(21,22)15-6-8-17(9-7-15)24-11-10-16(13-24)23-18(25)12-14-4-2-1-3-5-14;3-2(4,5)1-6/h1-9,16H,10-13H2,(H,23,25);1H/t16-;/m0./s1. The molecule has 168 valence electrons. The highest BCUT2D eigenvalue weighted by atomic mass is 19.4. The molecule has 0 aromatic heterocycles. The van der Waals surface area contributed by atoms with Gasteiger partial charge in [-0.1, -0.05) is 30.3 Å². The monoisotopic (exact) mass is 446 g/mol. The Kier molecular flexibility index (Phi) is 8.07. The van der Waals surface area contributed by atoms with Gasteiger partial charge in [0.25, 0.3) is 0 Å². The second kappa shape index (κ2) is 10.3. The number of anilines is 1. The lowest BCUT2D eigenvalue weighted by Crippen LogP contribution is -2.37. The molecule has 0 unspecified atom stereocenters. The van der Waals surface area contributed by atoms with Crippen LogP contribution in [0, 0.1) is 0 Å². The van der Waals surface area contributed by atoms with Crippen molar-refractivity contribution >= 4 is 17.9 Å². The first-order valence-electron chi connectivity index (χ1n) is 9.26. The molecule has 0 bridgehead atoms. The van der Waals surface area contributed by atoms with Crippen molar-refractivity contribution in [1.29, 1.82) is 0 Å². The lowest BCUT2D eigenvalue weighted by molar-refractivity contribution is -0.156. The number of alkyl halides is 6. The van der Waals surface area contributed by atoms with Crippen LogP contribution in [-0.4, -0.2) is 37.5 Å². The van der Waals surface area contributed by atoms with Crippen LogP contribution in [-0.2, 0) is 22.2 Å². The third-order valence-electron chi connectivity index (χ3n) is 4.45. The third kappa shape index (κ3) is 8.31. The molecule has 1 N–H and O–H groups in total. The molecular weight excluding hydrogens is 426 g/mol. The number of hydrogen-bond donors (Lipinski definition) is 1. The zero-order chi connectivity index (χ0) is 23.1. The highest BCUT2D eigenvalue weighted by molar-refractivity contribution is 5.79. The van der Waals surface area contributed by atoms with Crippen molar-refractivity contribution in [3.8, 4) is 0 Å². The van der Waals surface area contributed by atoms with E-state index in [1.54, 1.807) is 0 Å². The van der Waals surface area contributed by atoms with Crippen LogP contribution >= 0.6 is 0 Å². The maximum atomic E-state index is 12.6. The van der Waals surface area contributed by atoms with Gasteiger partial charge in [-0.15, -0.1) is 0 Å². The summed E-state index contributed by atoms with van der Waals surface area (Å²) in [6, 6.07) is 14.7. The van der Waals surface area contributed by atoms with Crippen molar-refractivity contribution < 1.29 is 35.9 Å². The zero-order valence-corrected chi connectivity index (χ0v) is 16.2. The minimum Gasteiger partial charge on any atom is -0.369 e. The van der Waals surface area contributed by atoms with Crippen LogP contribution in [0.2, 0.25) is 0 Å². The molecule has 3 rings (SSSR count). The van der Waals surface area contributed by atoms with Crippen LogP contribution in [0.15, 0.2) is 54.6 Å². The van der Waals surface area contributed by atoms with Crippen LogP contribution in [0.5, 0.6) is 0 Å². The number of carbonyl (C=O) groups excluding carboxylic acids is 2. The van der Waals surface area contributed by atoms with E-state index in [0.717, 1.165) is 29.8 Å². The highest BCUT2D eigenvalue weighted by Crippen LogP contribution is 2.31. The van der Waals surface area contributed by atoms with Crippen LogP contribution in [0.4, 0.5) is 32.0 Å². The van der Waals surface area contributed by atoms with E-state index in [1.165, 1.54) is 12.1 Å². The van der Waals surface area contributed by atoms with Gasteiger partial charge < -0.3 is 10.2 Å². The van der Waals surface area contributed by atoms with Crippen LogP contribution < -0.4 is 10.2 Å². The molecule has 1 heterocycles. The van der Waals surface area contributed by atoms with Gasteiger partial charge in [-0.05, 0) is 36.2 Å². The smallest absolute Gasteiger partial charge is 0.369 e. The largest absolute Gasteiger partial charge is 0.446 e. The number of rotatable bonds is 4. The van der Waals surface area contributed by atoms with Gasteiger partial charge >= 0.3 is 12.4 Å². The van der Waals surface area contributed by atoms with Gasteiger partial charge in [-0.2, -0.15) is 26.3 Å². The number of hydrogen-bond acceptors (Lipinski definition) is 3. The second-order valence-electron chi connectivity index (χ2n) is 6.87. The Morgan fingerprint density at radius 1 is 1.00 bits per heavy atom. The number of halogens is 6. The maximum absolute atomic E-state index is 12.6. The fourth-order valence-electron chi connectivity index (χ4n) is 3.03. The molecular formula is C21H20F6N2O2. The fourth-order valence-corrected chi connectivity index (χ4v) is 3.03. The molecule has 1 amide bonds. The predicted molar refractivity (Wildman–Crippen MR) is 102 cm³/mol. The normalized spacial score (nSPS) is 16.3. The zero-order valence-electron chi connectivity index (χ0n) is 16.2. The fraction of sp³-hybridized carbons (Fsp3) is 0.333. The number of amides is 1. The van der Waals surface area contributed by atoms with E-state index in [1.807, 2.05) is 35.2 Å². The summed E-state index contributed by atoms with van der Waals surface area (Å²) < 4.78 is 69.1. The quantitative estimate of drug-likeness (QED) is 0.560. The Bertz CT molecular complexity index is 851. The van der Waals surface area contributed by atoms with Crippen molar-refractivity contribution in [3.05, 3.63) is 65.7 Å². The number of nitrogens with one attached hydrogen (secondary N) is 1. The Hall–Kier alpha value is -3.04. The van der Waals surface area contributed by atoms with Gasteiger partial charge in [0, 0.05) is 24.8 Å². The van der Waals surface area contributed by atoms with Crippen LogP contribution in [0.25, 0.3) is 0 Å². The summed E-state index contributed by atoms with van der Waals surface area (Å²) in [5.41, 5.74) is 1.05. The lowest BCUT2D eigenvalue weighted by Gasteiger charge is -2.20. The molecule has 31 heavy (non-hydrogen) atoms. The molecule has 2 aromatic rings.